The van der Waals surface area contributed by atoms with Gasteiger partial charge in [0.05, 0.1) is 9.46 Å². The standard InChI is InChI=1S/C19H11FN4O4S/c20-13-5-1-11(2-6-13)9-15-17(25)21-19-23(22-15)18(26)16(29-19)10-12-3-7-14(8-4-12)24(27)28/h1-8,10H,9H2/b16-10-. The second-order valence-corrected chi connectivity index (χ2v) is 7.13. The van der Waals surface area contributed by atoms with E-state index in [1.54, 1.807) is 6.08 Å². The van der Waals surface area contributed by atoms with Crippen molar-refractivity contribution in [3.63, 3.8) is 0 Å². The van der Waals surface area contributed by atoms with Crippen LogP contribution in [0, 0.1) is 15.9 Å². The van der Waals surface area contributed by atoms with E-state index in [4.69, 9.17) is 0 Å². The summed E-state index contributed by atoms with van der Waals surface area (Å²) in [6.45, 7) is 0. The Morgan fingerprint density at radius 2 is 1.79 bits per heavy atom. The van der Waals surface area contributed by atoms with Crippen molar-refractivity contribution in [2.24, 2.45) is 0 Å². The zero-order valence-electron chi connectivity index (χ0n) is 14.6. The van der Waals surface area contributed by atoms with Crippen molar-refractivity contribution < 1.29 is 9.31 Å². The summed E-state index contributed by atoms with van der Waals surface area (Å²) in [5.74, 6) is -0.391. The number of hydrogen-bond acceptors (Lipinski definition) is 7. The van der Waals surface area contributed by atoms with Gasteiger partial charge in [-0.05, 0) is 41.5 Å². The quantitative estimate of drug-likeness (QED) is 0.374. The van der Waals surface area contributed by atoms with Crippen molar-refractivity contribution in [1.82, 2.24) is 14.6 Å². The van der Waals surface area contributed by atoms with Crippen molar-refractivity contribution in [2.45, 2.75) is 6.42 Å². The number of benzene rings is 2. The fraction of sp³-hybridized carbons (Fsp3) is 0.0526. The van der Waals surface area contributed by atoms with Crippen molar-refractivity contribution in [1.29, 1.82) is 0 Å². The molecular formula is C19H11FN4O4S. The number of hydrogen-bond donors (Lipinski definition) is 0. The Morgan fingerprint density at radius 3 is 2.45 bits per heavy atom. The first-order valence-electron chi connectivity index (χ1n) is 8.34. The molecule has 0 atom stereocenters. The Bertz CT molecular complexity index is 1400. The lowest BCUT2D eigenvalue weighted by atomic mass is 10.1. The number of thiazole rings is 1. The van der Waals surface area contributed by atoms with Gasteiger partial charge in [0.25, 0.3) is 16.8 Å². The summed E-state index contributed by atoms with van der Waals surface area (Å²) in [4.78, 5) is 39.2. The van der Waals surface area contributed by atoms with Gasteiger partial charge in [-0.15, -0.1) is 0 Å². The molecule has 10 heteroatoms. The summed E-state index contributed by atoms with van der Waals surface area (Å²) in [5, 5.41) is 14.9. The van der Waals surface area contributed by atoms with E-state index < -0.39 is 21.9 Å². The molecule has 0 radical (unpaired) electrons. The van der Waals surface area contributed by atoms with E-state index in [0.29, 0.717) is 11.1 Å². The van der Waals surface area contributed by atoms with Gasteiger partial charge in [0.2, 0.25) is 4.96 Å². The summed E-state index contributed by atoms with van der Waals surface area (Å²) in [5.41, 5.74) is 0.270. The number of rotatable bonds is 4. The van der Waals surface area contributed by atoms with Gasteiger partial charge in [0, 0.05) is 18.6 Å². The second-order valence-electron chi connectivity index (χ2n) is 6.13. The van der Waals surface area contributed by atoms with Gasteiger partial charge in [0.1, 0.15) is 11.5 Å². The lowest BCUT2D eigenvalue weighted by molar-refractivity contribution is -0.384. The topological polar surface area (TPSA) is 107 Å². The minimum absolute atomic E-state index is 0.0556. The van der Waals surface area contributed by atoms with Crippen LogP contribution in [0.2, 0.25) is 0 Å². The molecule has 0 unspecified atom stereocenters. The largest absolute Gasteiger partial charge is 0.296 e. The molecule has 2 heterocycles. The highest BCUT2D eigenvalue weighted by atomic mass is 32.1. The number of aromatic nitrogens is 3. The van der Waals surface area contributed by atoms with Gasteiger partial charge >= 0.3 is 0 Å². The van der Waals surface area contributed by atoms with Gasteiger partial charge in [-0.3, -0.25) is 19.7 Å². The molecule has 2 aromatic carbocycles. The van der Waals surface area contributed by atoms with Crippen LogP contribution in [0.4, 0.5) is 10.1 Å². The number of nitrogens with zero attached hydrogens (tertiary/aromatic N) is 4. The van der Waals surface area contributed by atoms with Crippen molar-refractivity contribution in [2.75, 3.05) is 0 Å². The van der Waals surface area contributed by atoms with Crippen LogP contribution in [-0.4, -0.2) is 19.5 Å². The number of nitro benzene ring substituents is 1. The SMILES string of the molecule is O=c1nc2s/c(=C\c3ccc([N+](=O)[O-])cc3)c(=O)n2nc1Cc1ccc(F)cc1. The molecule has 0 saturated carbocycles. The molecule has 0 bridgehead atoms. The Morgan fingerprint density at radius 1 is 1.10 bits per heavy atom. The van der Waals surface area contributed by atoms with Gasteiger partial charge in [-0.25, -0.2) is 4.39 Å². The molecule has 29 heavy (non-hydrogen) atoms. The van der Waals surface area contributed by atoms with Crippen LogP contribution in [0.3, 0.4) is 0 Å². The predicted octanol–water partition coefficient (Wildman–Crippen LogP) is 1.70. The maximum absolute atomic E-state index is 13.0. The van der Waals surface area contributed by atoms with Crippen LogP contribution in [0.25, 0.3) is 11.0 Å². The molecule has 0 fully saturated rings. The highest BCUT2D eigenvalue weighted by Gasteiger charge is 2.12. The number of non-ortho nitro benzene ring substituents is 1. The van der Waals surface area contributed by atoms with Crippen LogP contribution in [0.15, 0.2) is 58.1 Å². The molecule has 0 aliphatic heterocycles. The van der Waals surface area contributed by atoms with Gasteiger partial charge in [-0.2, -0.15) is 14.6 Å². The van der Waals surface area contributed by atoms with Crippen LogP contribution < -0.4 is 15.7 Å². The average Bonchev–Trinajstić information content (AvgIpc) is 2.99. The minimum atomic E-state index is -0.558. The van der Waals surface area contributed by atoms with E-state index in [-0.39, 0.29) is 27.3 Å². The first-order chi connectivity index (χ1) is 13.9. The molecule has 144 valence electrons. The van der Waals surface area contributed by atoms with Gasteiger partial charge in [0.15, 0.2) is 0 Å². The zero-order chi connectivity index (χ0) is 20.5. The number of nitro groups is 1. The van der Waals surface area contributed by atoms with Crippen LogP contribution in [0.5, 0.6) is 0 Å². The number of halogens is 1. The fourth-order valence-electron chi connectivity index (χ4n) is 2.69. The third-order valence-corrected chi connectivity index (χ3v) is 5.10. The summed E-state index contributed by atoms with van der Waals surface area (Å²) >= 11 is 0.998. The van der Waals surface area contributed by atoms with Crippen molar-refractivity contribution in [3.8, 4) is 0 Å². The molecule has 4 aromatic rings. The van der Waals surface area contributed by atoms with Crippen LogP contribution in [-0.2, 0) is 6.42 Å². The molecule has 0 saturated heterocycles. The number of fused-ring (bicyclic) bond motifs is 1. The molecular weight excluding hydrogens is 399 g/mol. The van der Waals surface area contributed by atoms with Gasteiger partial charge in [-0.1, -0.05) is 23.5 Å². The molecule has 0 aliphatic rings. The normalized spacial score (nSPS) is 11.8. The van der Waals surface area contributed by atoms with E-state index in [0.717, 1.165) is 15.9 Å². The Labute approximate surface area is 165 Å². The summed E-state index contributed by atoms with van der Waals surface area (Å²) in [6, 6.07) is 11.3. The second kappa shape index (κ2) is 7.32. The van der Waals surface area contributed by atoms with Crippen molar-refractivity contribution in [3.05, 3.63) is 107 Å². The fourth-order valence-corrected chi connectivity index (χ4v) is 3.60. The molecule has 0 amide bonds. The smallest absolute Gasteiger partial charge is 0.266 e. The Hall–Kier alpha value is -3.79. The highest BCUT2D eigenvalue weighted by Crippen LogP contribution is 2.12. The van der Waals surface area contributed by atoms with E-state index in [2.05, 4.69) is 10.1 Å². The van der Waals surface area contributed by atoms with Crippen LogP contribution in [0.1, 0.15) is 16.8 Å². The van der Waals surface area contributed by atoms with Crippen molar-refractivity contribution >= 4 is 28.1 Å². The molecule has 0 spiro atoms. The summed E-state index contributed by atoms with van der Waals surface area (Å²) in [7, 11) is 0. The van der Waals surface area contributed by atoms with E-state index in [1.165, 1.54) is 48.5 Å². The monoisotopic (exact) mass is 410 g/mol. The lowest BCUT2D eigenvalue weighted by Gasteiger charge is -2.00. The average molecular weight is 410 g/mol. The third kappa shape index (κ3) is 3.78. The zero-order valence-corrected chi connectivity index (χ0v) is 15.4. The molecule has 8 nitrogen and oxygen atoms in total. The molecule has 4 rings (SSSR count). The highest BCUT2D eigenvalue weighted by molar-refractivity contribution is 7.15. The summed E-state index contributed by atoms with van der Waals surface area (Å²) < 4.78 is 14.4. The maximum atomic E-state index is 13.0. The van der Waals surface area contributed by atoms with E-state index in [1.807, 2.05) is 0 Å². The van der Waals surface area contributed by atoms with Gasteiger partial charge < -0.3 is 0 Å². The summed E-state index contributed by atoms with van der Waals surface area (Å²) in [6.07, 6.45) is 1.67. The lowest BCUT2D eigenvalue weighted by Crippen LogP contribution is -2.28. The molecule has 2 aromatic heterocycles. The first-order valence-corrected chi connectivity index (χ1v) is 9.16. The molecule has 0 aliphatic carbocycles. The van der Waals surface area contributed by atoms with E-state index in [9.17, 15) is 24.1 Å². The Balaban J connectivity index is 1.75. The van der Waals surface area contributed by atoms with Crippen LogP contribution >= 0.6 is 11.3 Å². The Kier molecular flexibility index (Phi) is 4.69. The van der Waals surface area contributed by atoms with E-state index >= 15 is 0 Å². The third-order valence-electron chi connectivity index (χ3n) is 4.14. The predicted molar refractivity (Wildman–Crippen MR) is 104 cm³/mol. The minimum Gasteiger partial charge on any atom is -0.266 e. The molecule has 0 N–H and O–H groups in total. The maximum Gasteiger partial charge on any atom is 0.296 e. The first kappa shape index (κ1) is 18.6.